The summed E-state index contributed by atoms with van der Waals surface area (Å²) in [7, 11) is 0. The standard InChI is InChI=1S/C17H33N/c1-3-11-18-17-10-5-4-8-16(13-17)15-9-6-7-14(2)12-15/h14-18H,3-13H2,1-2H3. The van der Waals surface area contributed by atoms with Crippen LogP contribution in [0.3, 0.4) is 0 Å². The van der Waals surface area contributed by atoms with E-state index in [2.05, 4.69) is 19.2 Å². The van der Waals surface area contributed by atoms with Crippen molar-refractivity contribution < 1.29 is 0 Å². The lowest BCUT2D eigenvalue weighted by Crippen LogP contribution is -2.33. The van der Waals surface area contributed by atoms with Crippen molar-refractivity contribution in [2.24, 2.45) is 17.8 Å². The molecule has 0 aromatic carbocycles. The van der Waals surface area contributed by atoms with Gasteiger partial charge in [-0.3, -0.25) is 0 Å². The van der Waals surface area contributed by atoms with E-state index >= 15 is 0 Å². The molecule has 2 saturated carbocycles. The molecule has 106 valence electrons. The van der Waals surface area contributed by atoms with Gasteiger partial charge in [-0.25, -0.2) is 0 Å². The Morgan fingerprint density at radius 2 is 1.61 bits per heavy atom. The van der Waals surface area contributed by atoms with E-state index in [0.29, 0.717) is 0 Å². The zero-order valence-corrected chi connectivity index (χ0v) is 12.6. The molecule has 4 atom stereocenters. The third-order valence-electron chi connectivity index (χ3n) is 5.29. The molecule has 0 bridgehead atoms. The number of hydrogen-bond donors (Lipinski definition) is 1. The first-order valence-corrected chi connectivity index (χ1v) is 8.53. The minimum atomic E-state index is 0.828. The van der Waals surface area contributed by atoms with Crippen molar-refractivity contribution in [1.82, 2.24) is 5.32 Å². The third-order valence-corrected chi connectivity index (χ3v) is 5.29. The van der Waals surface area contributed by atoms with Crippen molar-refractivity contribution >= 4 is 0 Å². The maximum Gasteiger partial charge on any atom is 0.00698 e. The van der Waals surface area contributed by atoms with E-state index in [1.165, 1.54) is 70.8 Å². The molecule has 0 aromatic rings. The smallest absolute Gasteiger partial charge is 0.00698 e. The Balaban J connectivity index is 1.85. The van der Waals surface area contributed by atoms with Crippen LogP contribution in [-0.4, -0.2) is 12.6 Å². The normalized spacial score (nSPS) is 38.3. The second kappa shape index (κ2) is 7.53. The van der Waals surface area contributed by atoms with Crippen LogP contribution in [0.2, 0.25) is 0 Å². The van der Waals surface area contributed by atoms with E-state index in [1.807, 2.05) is 0 Å². The van der Waals surface area contributed by atoms with Crippen LogP contribution in [0.4, 0.5) is 0 Å². The van der Waals surface area contributed by atoms with Gasteiger partial charge in [0.15, 0.2) is 0 Å². The molecule has 2 rings (SSSR count). The molecule has 0 amide bonds. The minimum absolute atomic E-state index is 0.828. The van der Waals surface area contributed by atoms with Crippen LogP contribution in [0.15, 0.2) is 0 Å². The highest BCUT2D eigenvalue weighted by Gasteiger charge is 2.29. The Morgan fingerprint density at radius 3 is 2.39 bits per heavy atom. The molecule has 2 aliphatic carbocycles. The van der Waals surface area contributed by atoms with Gasteiger partial charge in [0.25, 0.3) is 0 Å². The largest absolute Gasteiger partial charge is 0.314 e. The summed E-state index contributed by atoms with van der Waals surface area (Å²) in [6.07, 6.45) is 14.7. The van der Waals surface area contributed by atoms with Crippen LogP contribution in [0.1, 0.15) is 78.1 Å². The van der Waals surface area contributed by atoms with Gasteiger partial charge in [0, 0.05) is 6.04 Å². The first-order chi connectivity index (χ1) is 8.79. The van der Waals surface area contributed by atoms with Crippen LogP contribution < -0.4 is 5.32 Å². The molecule has 1 heteroatoms. The Morgan fingerprint density at radius 1 is 0.889 bits per heavy atom. The summed E-state index contributed by atoms with van der Waals surface area (Å²) >= 11 is 0. The van der Waals surface area contributed by atoms with Gasteiger partial charge in [-0.15, -0.1) is 0 Å². The molecule has 0 radical (unpaired) electrons. The zero-order valence-electron chi connectivity index (χ0n) is 12.6. The molecule has 1 N–H and O–H groups in total. The third kappa shape index (κ3) is 4.26. The second-order valence-corrected chi connectivity index (χ2v) is 6.96. The number of hydrogen-bond acceptors (Lipinski definition) is 1. The van der Waals surface area contributed by atoms with Gasteiger partial charge in [-0.05, 0) is 50.0 Å². The Bertz CT molecular complexity index is 226. The van der Waals surface area contributed by atoms with Gasteiger partial charge in [0.05, 0.1) is 0 Å². The highest BCUT2D eigenvalue weighted by Crippen LogP contribution is 2.39. The Labute approximate surface area is 114 Å². The van der Waals surface area contributed by atoms with Crippen LogP contribution in [0.25, 0.3) is 0 Å². The van der Waals surface area contributed by atoms with Crippen molar-refractivity contribution in [1.29, 1.82) is 0 Å². The number of rotatable bonds is 4. The first kappa shape index (κ1) is 14.4. The summed E-state index contributed by atoms with van der Waals surface area (Å²) < 4.78 is 0. The van der Waals surface area contributed by atoms with Crippen LogP contribution in [-0.2, 0) is 0 Å². The summed E-state index contributed by atoms with van der Waals surface area (Å²) in [5.41, 5.74) is 0. The molecular weight excluding hydrogens is 218 g/mol. The predicted molar refractivity (Wildman–Crippen MR) is 79.8 cm³/mol. The SMILES string of the molecule is CCCNC1CCCCC(C2CCCC(C)C2)C1. The second-order valence-electron chi connectivity index (χ2n) is 6.96. The first-order valence-electron chi connectivity index (χ1n) is 8.53. The minimum Gasteiger partial charge on any atom is -0.314 e. The summed E-state index contributed by atoms with van der Waals surface area (Å²) in [5, 5.41) is 3.79. The Hall–Kier alpha value is -0.0400. The molecule has 2 aliphatic rings. The summed E-state index contributed by atoms with van der Waals surface area (Å²) in [4.78, 5) is 0. The fourth-order valence-corrected chi connectivity index (χ4v) is 4.27. The van der Waals surface area contributed by atoms with Crippen molar-refractivity contribution in [2.75, 3.05) is 6.54 Å². The van der Waals surface area contributed by atoms with E-state index in [-0.39, 0.29) is 0 Å². The fourth-order valence-electron chi connectivity index (χ4n) is 4.27. The van der Waals surface area contributed by atoms with Gasteiger partial charge in [0.1, 0.15) is 0 Å². The van der Waals surface area contributed by atoms with Crippen molar-refractivity contribution in [3.05, 3.63) is 0 Å². The molecule has 0 heterocycles. The van der Waals surface area contributed by atoms with E-state index < -0.39 is 0 Å². The topological polar surface area (TPSA) is 12.0 Å². The summed E-state index contributed by atoms with van der Waals surface area (Å²) in [6, 6.07) is 0.828. The van der Waals surface area contributed by atoms with Gasteiger partial charge in [0.2, 0.25) is 0 Å². The fraction of sp³-hybridized carbons (Fsp3) is 1.00. The van der Waals surface area contributed by atoms with Crippen molar-refractivity contribution in [3.8, 4) is 0 Å². The maximum absolute atomic E-state index is 3.79. The van der Waals surface area contributed by atoms with E-state index in [0.717, 1.165) is 23.8 Å². The van der Waals surface area contributed by atoms with Crippen molar-refractivity contribution in [3.63, 3.8) is 0 Å². The molecular formula is C17H33N. The van der Waals surface area contributed by atoms with E-state index in [9.17, 15) is 0 Å². The highest BCUT2D eigenvalue weighted by molar-refractivity contribution is 4.83. The van der Waals surface area contributed by atoms with Crippen LogP contribution in [0, 0.1) is 17.8 Å². The summed E-state index contributed by atoms with van der Waals surface area (Å²) in [5.74, 6) is 3.08. The lowest BCUT2D eigenvalue weighted by atomic mass is 9.73. The zero-order chi connectivity index (χ0) is 12.8. The van der Waals surface area contributed by atoms with Gasteiger partial charge in [-0.1, -0.05) is 52.4 Å². The number of nitrogens with one attached hydrogen (secondary N) is 1. The quantitative estimate of drug-likeness (QED) is 0.710. The molecule has 0 spiro atoms. The molecule has 0 aromatic heterocycles. The Kier molecular flexibility index (Phi) is 6.01. The monoisotopic (exact) mass is 251 g/mol. The molecule has 0 saturated heterocycles. The summed E-state index contributed by atoms with van der Waals surface area (Å²) in [6.45, 7) is 5.97. The van der Waals surface area contributed by atoms with Crippen LogP contribution in [0.5, 0.6) is 0 Å². The van der Waals surface area contributed by atoms with E-state index in [1.54, 1.807) is 0 Å². The average Bonchev–Trinajstić information content (AvgIpc) is 2.62. The van der Waals surface area contributed by atoms with E-state index in [4.69, 9.17) is 0 Å². The van der Waals surface area contributed by atoms with Gasteiger partial charge >= 0.3 is 0 Å². The van der Waals surface area contributed by atoms with Crippen LogP contribution >= 0.6 is 0 Å². The molecule has 4 unspecified atom stereocenters. The average molecular weight is 251 g/mol. The van der Waals surface area contributed by atoms with Gasteiger partial charge < -0.3 is 5.32 Å². The van der Waals surface area contributed by atoms with Gasteiger partial charge in [-0.2, -0.15) is 0 Å². The lowest BCUT2D eigenvalue weighted by Gasteiger charge is -2.34. The maximum atomic E-state index is 3.79. The lowest BCUT2D eigenvalue weighted by molar-refractivity contribution is 0.180. The highest BCUT2D eigenvalue weighted by atomic mass is 14.9. The molecule has 0 aliphatic heterocycles. The molecule has 1 nitrogen and oxygen atoms in total. The predicted octanol–water partition coefficient (Wildman–Crippen LogP) is 4.76. The molecule has 18 heavy (non-hydrogen) atoms. The molecule has 2 fully saturated rings. The van der Waals surface area contributed by atoms with Crippen molar-refractivity contribution in [2.45, 2.75) is 84.1 Å².